The van der Waals surface area contributed by atoms with Gasteiger partial charge in [0.2, 0.25) is 0 Å². The number of fused-ring (bicyclic) bond motifs is 1. The van der Waals surface area contributed by atoms with Gasteiger partial charge >= 0.3 is 6.09 Å². The van der Waals surface area contributed by atoms with Gasteiger partial charge in [0, 0.05) is 7.05 Å². The van der Waals surface area contributed by atoms with Crippen LogP contribution in [0.1, 0.15) is 31.9 Å². The van der Waals surface area contributed by atoms with E-state index in [0.29, 0.717) is 18.4 Å². The number of amidine groups is 1. The summed E-state index contributed by atoms with van der Waals surface area (Å²) in [5.74, 6) is 0. The van der Waals surface area contributed by atoms with Crippen molar-refractivity contribution in [3.05, 3.63) is 71.8 Å². The number of carbonyl (C=O) groups excluding carboxylic acids is 2. The maximum atomic E-state index is 12.6. The van der Waals surface area contributed by atoms with Crippen LogP contribution in [0.4, 0.5) is 4.79 Å². The van der Waals surface area contributed by atoms with Gasteiger partial charge < -0.3 is 23.7 Å². The third-order valence-electron chi connectivity index (χ3n) is 5.69. The first-order chi connectivity index (χ1) is 17.2. The van der Waals surface area contributed by atoms with Crippen molar-refractivity contribution in [3.63, 3.8) is 0 Å². The lowest BCUT2D eigenvalue weighted by Crippen LogP contribution is -2.57. The van der Waals surface area contributed by atoms with Gasteiger partial charge in [0.1, 0.15) is 35.4 Å². The lowest BCUT2D eigenvalue weighted by atomic mass is 9.98. The molecular weight excluding hydrogens is 480 g/mol. The molecule has 0 aliphatic carbocycles. The van der Waals surface area contributed by atoms with Gasteiger partial charge in [-0.2, -0.15) is 0 Å². The summed E-state index contributed by atoms with van der Waals surface area (Å²) >= 11 is 1.28. The fourth-order valence-electron chi connectivity index (χ4n) is 3.94. The minimum atomic E-state index is -0.843. The number of carbonyl (C=O) groups is 2. The Labute approximate surface area is 216 Å². The zero-order valence-corrected chi connectivity index (χ0v) is 21.7. The molecule has 0 saturated carbocycles. The highest BCUT2D eigenvalue weighted by molar-refractivity contribution is 8.14. The van der Waals surface area contributed by atoms with E-state index >= 15 is 0 Å². The highest BCUT2D eigenvalue weighted by atomic mass is 32.2. The molecular formula is C27H32N2O6S. The van der Waals surface area contributed by atoms with Gasteiger partial charge in [-0.15, -0.1) is 0 Å². The molecule has 1 saturated heterocycles. The Kier molecular flexibility index (Phi) is 8.46. The van der Waals surface area contributed by atoms with Crippen molar-refractivity contribution in [1.82, 2.24) is 4.90 Å². The summed E-state index contributed by atoms with van der Waals surface area (Å²) in [6.45, 7) is 6.04. The molecule has 0 unspecified atom stereocenters. The van der Waals surface area contributed by atoms with Crippen LogP contribution in [0.2, 0.25) is 0 Å². The van der Waals surface area contributed by atoms with Crippen LogP contribution in [-0.2, 0) is 37.0 Å². The first kappa shape index (κ1) is 26.3. The summed E-state index contributed by atoms with van der Waals surface area (Å²) in [4.78, 5) is 30.9. The minimum Gasteiger partial charge on any atom is -0.443 e. The molecule has 2 aliphatic rings. The van der Waals surface area contributed by atoms with Gasteiger partial charge in [-0.25, -0.2) is 4.79 Å². The molecule has 192 valence electrons. The summed E-state index contributed by atoms with van der Waals surface area (Å²) < 4.78 is 24.2. The molecule has 36 heavy (non-hydrogen) atoms. The molecule has 2 aliphatic heterocycles. The topological polar surface area (TPSA) is 86.7 Å². The Morgan fingerprint density at radius 1 is 1.00 bits per heavy atom. The first-order valence-electron chi connectivity index (χ1n) is 11.9. The van der Waals surface area contributed by atoms with E-state index < -0.39 is 41.5 Å². The summed E-state index contributed by atoms with van der Waals surface area (Å²) in [6.07, 6.45) is -1.85. The quantitative estimate of drug-likeness (QED) is 0.508. The van der Waals surface area contributed by atoms with Crippen LogP contribution < -0.4 is 0 Å². The third kappa shape index (κ3) is 6.53. The van der Waals surface area contributed by atoms with Gasteiger partial charge in [0.05, 0.1) is 13.2 Å². The van der Waals surface area contributed by atoms with Crippen LogP contribution in [0.5, 0.6) is 0 Å². The molecule has 5 atom stereocenters. The van der Waals surface area contributed by atoms with Crippen molar-refractivity contribution in [2.75, 3.05) is 7.05 Å². The number of ether oxygens (including phenoxy) is 4. The van der Waals surface area contributed by atoms with Crippen LogP contribution in [0.3, 0.4) is 0 Å². The molecule has 0 radical (unpaired) electrons. The zero-order chi connectivity index (χ0) is 25.7. The summed E-state index contributed by atoms with van der Waals surface area (Å²) in [5.41, 5.74) is 0.822. The van der Waals surface area contributed by atoms with Crippen LogP contribution >= 0.6 is 11.8 Å². The highest BCUT2D eigenvalue weighted by Gasteiger charge is 2.51. The third-order valence-corrected chi connectivity index (χ3v) is 6.91. The molecule has 0 N–H and O–H groups in total. The average Bonchev–Trinajstić information content (AvgIpc) is 3.29. The number of rotatable bonds is 7. The monoisotopic (exact) mass is 512 g/mol. The largest absolute Gasteiger partial charge is 0.443 e. The smallest absolute Gasteiger partial charge is 0.416 e. The predicted octanol–water partition coefficient (Wildman–Crippen LogP) is 4.42. The second-order valence-electron chi connectivity index (χ2n) is 9.69. The van der Waals surface area contributed by atoms with E-state index in [9.17, 15) is 9.59 Å². The van der Waals surface area contributed by atoms with Gasteiger partial charge in [-0.1, -0.05) is 72.4 Å². The SMILES string of the molecule is CN(C(=O)OC(C)(C)C)C1=N[C@@H]2[C@@H](OCc3ccccc3)[C@H](OCc3ccccc3)[C@@H](C=O)O[C@@H]2S1. The summed E-state index contributed by atoms with van der Waals surface area (Å²) in [6, 6.07) is 19.0. The predicted molar refractivity (Wildman–Crippen MR) is 138 cm³/mol. The van der Waals surface area contributed by atoms with Gasteiger partial charge in [-0.3, -0.25) is 9.89 Å². The lowest BCUT2D eigenvalue weighted by molar-refractivity contribution is -0.193. The highest BCUT2D eigenvalue weighted by Crippen LogP contribution is 2.39. The number of aldehydes is 1. The van der Waals surface area contributed by atoms with E-state index in [4.69, 9.17) is 23.9 Å². The van der Waals surface area contributed by atoms with E-state index in [2.05, 4.69) is 0 Å². The Balaban J connectivity index is 1.57. The number of nitrogens with zero attached hydrogens (tertiary/aromatic N) is 2. The molecule has 1 fully saturated rings. The molecule has 0 spiro atoms. The molecule has 2 aromatic carbocycles. The van der Waals surface area contributed by atoms with E-state index in [-0.39, 0.29) is 0 Å². The molecule has 2 aromatic rings. The van der Waals surface area contributed by atoms with Crippen molar-refractivity contribution >= 4 is 29.3 Å². The van der Waals surface area contributed by atoms with Crippen molar-refractivity contribution in [2.45, 2.75) is 69.4 Å². The molecule has 0 aromatic heterocycles. The molecule has 1 amide bonds. The van der Waals surface area contributed by atoms with E-state index in [1.165, 1.54) is 16.7 Å². The molecule has 4 rings (SSSR count). The summed E-state index contributed by atoms with van der Waals surface area (Å²) in [5, 5.41) is 0.445. The Hall–Kier alpha value is -2.72. The maximum absolute atomic E-state index is 12.6. The average molecular weight is 513 g/mol. The second-order valence-corrected chi connectivity index (χ2v) is 10.8. The van der Waals surface area contributed by atoms with Crippen LogP contribution in [-0.4, -0.2) is 64.9 Å². The molecule has 2 heterocycles. The van der Waals surface area contributed by atoms with E-state index in [1.807, 2.05) is 81.4 Å². The Morgan fingerprint density at radius 2 is 1.56 bits per heavy atom. The Bertz CT molecular complexity index is 1060. The number of aliphatic imine (C=N–C) groups is 1. The number of hydrogen-bond donors (Lipinski definition) is 0. The van der Waals surface area contributed by atoms with E-state index in [0.717, 1.165) is 17.4 Å². The van der Waals surface area contributed by atoms with Crippen molar-refractivity contribution in [2.24, 2.45) is 4.99 Å². The van der Waals surface area contributed by atoms with Gasteiger partial charge in [0.15, 0.2) is 11.5 Å². The molecule has 8 nitrogen and oxygen atoms in total. The van der Waals surface area contributed by atoms with Gasteiger partial charge in [0.25, 0.3) is 0 Å². The normalized spacial score (nSPS) is 25.6. The maximum Gasteiger partial charge on any atom is 0.416 e. The molecule has 9 heteroatoms. The van der Waals surface area contributed by atoms with Crippen LogP contribution in [0, 0.1) is 0 Å². The zero-order valence-electron chi connectivity index (χ0n) is 20.9. The van der Waals surface area contributed by atoms with Gasteiger partial charge in [-0.05, 0) is 31.9 Å². The number of benzene rings is 2. The van der Waals surface area contributed by atoms with Crippen molar-refractivity contribution < 1.29 is 28.5 Å². The number of thioether (sulfide) groups is 1. The van der Waals surface area contributed by atoms with Crippen LogP contribution in [0.15, 0.2) is 65.7 Å². The van der Waals surface area contributed by atoms with Crippen molar-refractivity contribution in [3.8, 4) is 0 Å². The first-order valence-corrected chi connectivity index (χ1v) is 12.8. The fourth-order valence-corrected chi connectivity index (χ4v) is 5.10. The molecule has 0 bridgehead atoms. The Morgan fingerprint density at radius 3 is 2.08 bits per heavy atom. The summed E-state index contributed by atoms with van der Waals surface area (Å²) in [7, 11) is 1.61. The minimum absolute atomic E-state index is 0.295. The standard InChI is InChI=1S/C27H32N2O6S/c1-27(2,3)35-26(31)29(4)25-28-21-23(33-17-19-13-9-6-10-14-19)22(20(15-30)34-24(21)36-25)32-16-18-11-7-5-8-12-18/h5-15,20-24H,16-17H2,1-4H3/t20-,21-,22-,23-,24-/m1/s1. The van der Waals surface area contributed by atoms with E-state index in [1.54, 1.807) is 7.05 Å². The second kappa shape index (κ2) is 11.6. The van der Waals surface area contributed by atoms with Crippen LogP contribution in [0.25, 0.3) is 0 Å². The fraction of sp³-hybridized carbons (Fsp3) is 0.444. The van der Waals surface area contributed by atoms with Crippen molar-refractivity contribution in [1.29, 1.82) is 0 Å². The lowest BCUT2D eigenvalue weighted by Gasteiger charge is -2.40. The number of amides is 1. The number of hydrogen-bond acceptors (Lipinski definition) is 8.